The lowest BCUT2D eigenvalue weighted by Gasteiger charge is -2.47. The Bertz CT molecular complexity index is 3340. The molecule has 0 saturated carbocycles. The van der Waals surface area contributed by atoms with E-state index >= 15 is 0 Å². The summed E-state index contributed by atoms with van der Waals surface area (Å²) in [5.74, 6) is -8.66. The van der Waals surface area contributed by atoms with Gasteiger partial charge in [0.05, 0.1) is 90.2 Å². The molecule has 0 radical (unpaired) electrons. The van der Waals surface area contributed by atoms with Gasteiger partial charge < -0.3 is 69.3 Å². The maximum Gasteiger partial charge on any atom is 0.233 e. The highest BCUT2D eigenvalue weighted by atomic mass is 16.7. The number of ether oxygens (including phenoxy) is 6. The fraction of sp³-hybridized carbons (Fsp3) is 0.446. The minimum absolute atomic E-state index is 0.0182. The molecule has 0 aromatic heterocycles. The van der Waals surface area contributed by atoms with Gasteiger partial charge in [0.1, 0.15) is 51.8 Å². The van der Waals surface area contributed by atoms with E-state index in [-0.39, 0.29) is 68.8 Å². The van der Waals surface area contributed by atoms with Crippen molar-refractivity contribution >= 4 is 40.6 Å². The molecule has 0 bridgehead atoms. The molecule has 12 atom stereocenters. The second-order valence-corrected chi connectivity index (χ2v) is 21.1. The fourth-order valence-electron chi connectivity index (χ4n) is 12.2. The number of nitrogens with zero attached hydrogens (tertiary/aromatic N) is 1. The Morgan fingerprint density at radius 1 is 0.595 bits per heavy atom. The molecule has 4 aromatic carbocycles. The van der Waals surface area contributed by atoms with Crippen LogP contribution in [0.3, 0.4) is 0 Å². The fourth-order valence-corrected chi connectivity index (χ4v) is 12.2. The summed E-state index contributed by atoms with van der Waals surface area (Å²) in [5.41, 5.74) is -5.28. The molecule has 6 aliphatic rings. The van der Waals surface area contributed by atoms with Crippen molar-refractivity contribution in [2.24, 2.45) is 0 Å². The molecule has 79 heavy (non-hydrogen) atoms. The Morgan fingerprint density at radius 2 is 1.00 bits per heavy atom. The number of amides is 1. The number of carbonyl (C=O) groups excluding carboxylic acids is 7. The van der Waals surface area contributed by atoms with Crippen LogP contribution in [0.5, 0.6) is 34.5 Å². The van der Waals surface area contributed by atoms with Gasteiger partial charge in [0.15, 0.2) is 35.7 Å². The van der Waals surface area contributed by atoms with Crippen LogP contribution in [0.25, 0.3) is 0 Å². The van der Waals surface area contributed by atoms with Crippen molar-refractivity contribution < 1.29 is 103 Å². The molecule has 23 heteroatoms. The zero-order chi connectivity index (χ0) is 57.2. The van der Waals surface area contributed by atoms with Crippen LogP contribution in [-0.4, -0.2) is 161 Å². The van der Waals surface area contributed by atoms with Crippen molar-refractivity contribution in [2.75, 3.05) is 14.2 Å². The number of hydrogen-bond acceptors (Lipinski definition) is 22. The van der Waals surface area contributed by atoms with Gasteiger partial charge in [-0.1, -0.05) is 24.3 Å². The largest absolute Gasteiger partial charge is 0.507 e. The molecule has 2 fully saturated rings. The van der Waals surface area contributed by atoms with Crippen LogP contribution in [0.15, 0.2) is 36.4 Å². The maximum absolute atomic E-state index is 14.2. The number of hydrazine groups is 1. The van der Waals surface area contributed by atoms with Crippen molar-refractivity contribution in [1.29, 1.82) is 0 Å². The third-order valence-electron chi connectivity index (χ3n) is 16.5. The van der Waals surface area contributed by atoms with Gasteiger partial charge in [0.2, 0.25) is 17.5 Å². The highest BCUT2D eigenvalue weighted by molar-refractivity contribution is 6.32. The molecule has 10 rings (SSSR count). The van der Waals surface area contributed by atoms with Gasteiger partial charge in [0.25, 0.3) is 0 Å². The van der Waals surface area contributed by atoms with Crippen LogP contribution in [0, 0.1) is 0 Å². The highest BCUT2D eigenvalue weighted by Gasteiger charge is 2.53. The second kappa shape index (κ2) is 19.9. The third-order valence-corrected chi connectivity index (χ3v) is 16.5. The first-order valence-electron chi connectivity index (χ1n) is 25.5. The molecule has 418 valence electrons. The van der Waals surface area contributed by atoms with E-state index in [0.29, 0.717) is 0 Å². The number of phenols is 4. The number of fused-ring (bicyclic) bond motifs is 6. The Kier molecular flexibility index (Phi) is 13.9. The van der Waals surface area contributed by atoms with Crippen molar-refractivity contribution in [3.05, 3.63) is 103 Å². The van der Waals surface area contributed by atoms with Gasteiger partial charge >= 0.3 is 0 Å². The first kappa shape index (κ1) is 55.1. The molecule has 0 spiro atoms. The van der Waals surface area contributed by atoms with Crippen LogP contribution in [0.4, 0.5) is 0 Å². The highest BCUT2D eigenvalue weighted by Crippen LogP contribution is 2.55. The molecule has 8 unspecified atom stereocenters. The molecule has 1 amide bonds. The summed E-state index contributed by atoms with van der Waals surface area (Å²) in [5, 5.41) is 95.8. The van der Waals surface area contributed by atoms with E-state index in [1.807, 2.05) is 0 Å². The molecule has 2 heterocycles. The number of aliphatic hydroxyl groups is 4. The molecule has 4 aliphatic carbocycles. The standard InChI is InChI=1S/C56H58N2O21/c1-20-45(62)29(14-35(76-20)78-33-18-55(72,22(3)59)16-27-39(33)53(70)43-41(49(27)66)47(64)25-10-8-12-31(74-6)37(25)51(43)68)57-58(24(5)61)30-15-36(77-21(2)46(30)63)79-34-19-56(73,23(4)60)17-28-40(34)54(71)44-42(50(28)67)48(65)26-11-9-13-32(75-7)38(26)52(44)69/h8-13,20-21,29-30,33-36,45-46,57,62-63,66-67,70-73H,14-19H2,1-7H3/t20?,21?,29?,30?,33-,34-,35?,36?,45?,46?,55-,56-/m0/s1. The summed E-state index contributed by atoms with van der Waals surface area (Å²) in [6.07, 6.45) is -14.0. The number of hydrogen-bond donors (Lipinski definition) is 9. The van der Waals surface area contributed by atoms with E-state index in [1.54, 1.807) is 0 Å². The summed E-state index contributed by atoms with van der Waals surface area (Å²) in [6, 6.07) is 6.09. The Hall–Kier alpha value is -7.19. The Morgan fingerprint density at radius 3 is 1.41 bits per heavy atom. The maximum atomic E-state index is 14.2. The van der Waals surface area contributed by atoms with E-state index < -0.39 is 184 Å². The van der Waals surface area contributed by atoms with Gasteiger partial charge in [-0.15, -0.1) is 0 Å². The Labute approximate surface area is 450 Å². The van der Waals surface area contributed by atoms with Crippen molar-refractivity contribution in [3.8, 4) is 34.5 Å². The number of carbonyl (C=O) groups is 7. The number of rotatable bonds is 11. The molecule has 2 aliphatic heterocycles. The van der Waals surface area contributed by atoms with Gasteiger partial charge in [-0.05, 0) is 39.8 Å². The van der Waals surface area contributed by atoms with Crippen LogP contribution in [0.2, 0.25) is 0 Å². The van der Waals surface area contributed by atoms with Gasteiger partial charge in [-0.3, -0.25) is 38.6 Å². The van der Waals surface area contributed by atoms with Gasteiger partial charge in [-0.2, -0.15) is 0 Å². The lowest BCUT2D eigenvalue weighted by atomic mass is 9.72. The van der Waals surface area contributed by atoms with Crippen molar-refractivity contribution in [2.45, 2.75) is 146 Å². The number of methoxy groups -OCH3 is 2. The van der Waals surface area contributed by atoms with E-state index in [2.05, 4.69) is 5.43 Å². The summed E-state index contributed by atoms with van der Waals surface area (Å²) < 4.78 is 35.8. The van der Waals surface area contributed by atoms with Crippen molar-refractivity contribution in [1.82, 2.24) is 10.4 Å². The SMILES string of the molecule is COc1cccc2c1C(=O)c1c(O)c3c(c(O)c1C2=O)C[C@@](O)(C(C)=O)C[C@@H]3OC1CC(NN(C(C)=O)C2CC(O[C@H]3C[C@](O)(C(C)=O)Cc4c(O)c5c(c(O)c43)C(=O)c3c(OC)cccc3C5=O)OC(C)C2O)C(O)C(C)O1. The summed E-state index contributed by atoms with van der Waals surface area (Å²) in [7, 11) is 2.57. The average Bonchev–Trinajstić information content (AvgIpc) is 3.49. The van der Waals surface area contributed by atoms with E-state index in [0.717, 1.165) is 25.8 Å². The first-order chi connectivity index (χ1) is 37.3. The van der Waals surface area contributed by atoms with Crippen LogP contribution < -0.4 is 14.9 Å². The quantitative estimate of drug-likeness (QED) is 0.0665. The van der Waals surface area contributed by atoms with Gasteiger partial charge in [-0.25, -0.2) is 5.43 Å². The molecular formula is C56H58N2O21. The monoisotopic (exact) mass is 1090 g/mol. The minimum atomic E-state index is -2.25. The molecule has 23 nitrogen and oxygen atoms in total. The van der Waals surface area contributed by atoms with Gasteiger partial charge in [0, 0.05) is 78.8 Å². The predicted octanol–water partition coefficient (Wildman–Crippen LogP) is 2.51. The normalized spacial score (nSPS) is 29.8. The molecular weight excluding hydrogens is 1040 g/mol. The number of ketones is 6. The predicted molar refractivity (Wildman–Crippen MR) is 268 cm³/mol. The average molecular weight is 1100 g/mol. The summed E-state index contributed by atoms with van der Waals surface area (Å²) in [4.78, 5) is 96.4. The number of aliphatic hydroxyl groups excluding tert-OH is 2. The van der Waals surface area contributed by atoms with Crippen LogP contribution >= 0.6 is 0 Å². The van der Waals surface area contributed by atoms with Crippen LogP contribution in [0.1, 0.15) is 158 Å². The Balaban J connectivity index is 0.944. The number of benzene rings is 4. The topological polar surface area (TPSA) is 352 Å². The van der Waals surface area contributed by atoms with E-state index in [4.69, 9.17) is 28.4 Å². The van der Waals surface area contributed by atoms with E-state index in [1.165, 1.54) is 64.5 Å². The van der Waals surface area contributed by atoms with Crippen LogP contribution in [-0.2, 0) is 46.2 Å². The van der Waals surface area contributed by atoms with Crippen molar-refractivity contribution in [3.63, 3.8) is 0 Å². The summed E-state index contributed by atoms with van der Waals surface area (Å²) in [6.45, 7) is 6.30. The number of aromatic hydroxyl groups is 4. The summed E-state index contributed by atoms with van der Waals surface area (Å²) >= 11 is 0. The second-order valence-electron chi connectivity index (χ2n) is 21.1. The first-order valence-corrected chi connectivity index (χ1v) is 25.5. The van der Waals surface area contributed by atoms with E-state index in [9.17, 15) is 74.4 Å². The lowest BCUT2D eigenvalue weighted by Crippen LogP contribution is -2.65. The molecule has 9 N–H and O–H groups in total. The number of nitrogens with one attached hydrogen (secondary N) is 1. The minimum Gasteiger partial charge on any atom is -0.507 e. The number of Topliss-reactive ketones (excluding diaryl/α,β-unsaturated/α-hetero) is 2. The third kappa shape index (κ3) is 8.66. The smallest absolute Gasteiger partial charge is 0.233 e. The molecule has 2 saturated heterocycles. The number of phenolic OH excluding ortho intramolecular Hbond substituents is 4. The zero-order valence-corrected chi connectivity index (χ0v) is 43.8. The lowest BCUT2D eigenvalue weighted by molar-refractivity contribution is -0.267. The zero-order valence-electron chi connectivity index (χ0n) is 43.8. The molecule has 4 aromatic rings.